The Morgan fingerprint density at radius 2 is 1.51 bits per heavy atom. The molecule has 0 spiro atoms. The summed E-state index contributed by atoms with van der Waals surface area (Å²) in [5.74, 6) is 0.467. The van der Waals surface area contributed by atoms with E-state index in [1.165, 1.54) is 11.8 Å². The second-order valence-electron chi connectivity index (χ2n) is 8.94. The maximum absolute atomic E-state index is 12.8. The smallest absolute Gasteiger partial charge is 0.255 e. The van der Waals surface area contributed by atoms with Gasteiger partial charge in [-0.1, -0.05) is 48.5 Å². The molecular formula is C32H23N3O3S. The highest BCUT2D eigenvalue weighted by atomic mass is 32.2. The van der Waals surface area contributed by atoms with Gasteiger partial charge in [-0.3, -0.25) is 9.59 Å². The highest BCUT2D eigenvalue weighted by Gasteiger charge is 2.10. The molecule has 0 unspecified atom stereocenters. The van der Waals surface area contributed by atoms with Crippen LogP contribution in [0.4, 0.5) is 11.4 Å². The highest BCUT2D eigenvalue weighted by molar-refractivity contribution is 8.00. The number of aromatic nitrogens is 1. The number of anilines is 2. The van der Waals surface area contributed by atoms with E-state index in [9.17, 15) is 9.59 Å². The van der Waals surface area contributed by atoms with E-state index in [2.05, 4.69) is 15.6 Å². The first kappa shape index (κ1) is 24.5. The Kier molecular flexibility index (Phi) is 6.80. The first-order valence-electron chi connectivity index (χ1n) is 12.4. The minimum atomic E-state index is -0.179. The Bertz CT molecular complexity index is 1780. The van der Waals surface area contributed by atoms with E-state index in [0.717, 1.165) is 32.3 Å². The average molecular weight is 530 g/mol. The summed E-state index contributed by atoms with van der Waals surface area (Å²) in [5, 5.41) is 7.98. The number of oxazole rings is 1. The van der Waals surface area contributed by atoms with E-state index in [1.54, 1.807) is 0 Å². The van der Waals surface area contributed by atoms with E-state index in [4.69, 9.17) is 4.42 Å². The fourth-order valence-corrected chi connectivity index (χ4v) is 4.99. The number of amides is 2. The Labute approximate surface area is 229 Å². The van der Waals surface area contributed by atoms with Crippen molar-refractivity contribution >= 4 is 56.8 Å². The number of carbonyl (C=O) groups is 2. The van der Waals surface area contributed by atoms with Crippen LogP contribution in [0.5, 0.6) is 0 Å². The van der Waals surface area contributed by atoms with Gasteiger partial charge >= 0.3 is 0 Å². The summed E-state index contributed by atoms with van der Waals surface area (Å²) in [4.78, 5) is 30.8. The summed E-state index contributed by atoms with van der Waals surface area (Å²) in [6.07, 6.45) is 0. The van der Waals surface area contributed by atoms with Crippen LogP contribution < -0.4 is 10.6 Å². The van der Waals surface area contributed by atoms with Crippen molar-refractivity contribution < 1.29 is 14.0 Å². The Morgan fingerprint density at radius 3 is 2.36 bits per heavy atom. The van der Waals surface area contributed by atoms with Crippen LogP contribution in [-0.2, 0) is 4.79 Å². The van der Waals surface area contributed by atoms with Gasteiger partial charge in [0.05, 0.1) is 5.75 Å². The molecule has 6 nitrogen and oxygen atoms in total. The van der Waals surface area contributed by atoms with Crippen molar-refractivity contribution in [2.24, 2.45) is 0 Å². The molecule has 1 aromatic heterocycles. The molecule has 7 heteroatoms. The van der Waals surface area contributed by atoms with Crippen LogP contribution in [0.25, 0.3) is 33.3 Å². The fourth-order valence-electron chi connectivity index (χ4n) is 4.24. The van der Waals surface area contributed by atoms with Gasteiger partial charge in [0.1, 0.15) is 5.52 Å². The molecule has 2 N–H and O–H groups in total. The minimum Gasteiger partial charge on any atom is -0.436 e. The van der Waals surface area contributed by atoms with Gasteiger partial charge in [0.25, 0.3) is 5.91 Å². The molecule has 0 saturated carbocycles. The van der Waals surface area contributed by atoms with Gasteiger partial charge in [-0.15, -0.1) is 11.8 Å². The largest absolute Gasteiger partial charge is 0.436 e. The number of benzene rings is 5. The summed E-state index contributed by atoms with van der Waals surface area (Å²) in [5.41, 5.74) is 4.33. The Hall–Kier alpha value is -4.88. The number of hydrogen-bond acceptors (Lipinski definition) is 5. The summed E-state index contributed by atoms with van der Waals surface area (Å²) >= 11 is 1.40. The Morgan fingerprint density at radius 1 is 0.718 bits per heavy atom. The molecule has 2 amide bonds. The summed E-state index contributed by atoms with van der Waals surface area (Å²) < 4.78 is 5.81. The molecule has 0 radical (unpaired) electrons. The lowest BCUT2D eigenvalue weighted by Gasteiger charge is -2.09. The SMILES string of the molecule is O=C(CSc1cccc(NC(=O)c2ccc3ccccc3c2)c1)Nc1ccc(-c2nc3ccccc3o2)cc1. The number of nitrogens with one attached hydrogen (secondary N) is 2. The van der Waals surface area contributed by atoms with Gasteiger partial charge < -0.3 is 15.1 Å². The van der Waals surface area contributed by atoms with Gasteiger partial charge in [-0.25, -0.2) is 4.98 Å². The third-order valence-corrected chi connectivity index (χ3v) is 7.18. The highest BCUT2D eigenvalue weighted by Crippen LogP contribution is 2.26. The van der Waals surface area contributed by atoms with Crippen LogP contribution >= 0.6 is 11.8 Å². The number of para-hydroxylation sites is 2. The number of hydrogen-bond donors (Lipinski definition) is 2. The van der Waals surface area contributed by atoms with E-state index in [-0.39, 0.29) is 17.6 Å². The molecule has 6 rings (SSSR count). The molecule has 39 heavy (non-hydrogen) atoms. The van der Waals surface area contributed by atoms with Crippen LogP contribution in [0.2, 0.25) is 0 Å². The van der Waals surface area contributed by atoms with E-state index < -0.39 is 0 Å². The predicted octanol–water partition coefficient (Wildman–Crippen LogP) is 7.63. The quantitative estimate of drug-likeness (QED) is 0.208. The zero-order valence-electron chi connectivity index (χ0n) is 20.8. The zero-order valence-corrected chi connectivity index (χ0v) is 21.6. The third kappa shape index (κ3) is 5.68. The van der Waals surface area contributed by atoms with Gasteiger partial charge in [-0.2, -0.15) is 0 Å². The van der Waals surface area contributed by atoms with Crippen molar-refractivity contribution in [2.45, 2.75) is 4.90 Å². The van der Waals surface area contributed by atoms with Gasteiger partial charge in [0.2, 0.25) is 11.8 Å². The maximum Gasteiger partial charge on any atom is 0.255 e. The Balaban J connectivity index is 1.04. The van der Waals surface area contributed by atoms with Gasteiger partial charge in [0.15, 0.2) is 5.58 Å². The lowest BCUT2D eigenvalue weighted by Crippen LogP contribution is -2.14. The van der Waals surface area contributed by atoms with Crippen molar-refractivity contribution in [1.29, 1.82) is 0 Å². The van der Waals surface area contributed by atoms with Gasteiger partial charge in [0, 0.05) is 27.4 Å². The summed E-state index contributed by atoms with van der Waals surface area (Å²) in [6.45, 7) is 0. The summed E-state index contributed by atoms with van der Waals surface area (Å²) in [6, 6.07) is 36.1. The zero-order chi connectivity index (χ0) is 26.6. The molecule has 0 atom stereocenters. The topological polar surface area (TPSA) is 84.2 Å². The van der Waals surface area contributed by atoms with E-state index in [0.29, 0.717) is 22.8 Å². The average Bonchev–Trinajstić information content (AvgIpc) is 3.41. The maximum atomic E-state index is 12.8. The normalized spacial score (nSPS) is 11.0. The van der Waals surface area contributed by atoms with E-state index in [1.807, 2.05) is 115 Å². The molecule has 0 saturated heterocycles. The number of rotatable bonds is 7. The molecule has 0 bridgehead atoms. The first-order chi connectivity index (χ1) is 19.1. The predicted molar refractivity (Wildman–Crippen MR) is 157 cm³/mol. The van der Waals surface area contributed by atoms with Crippen molar-refractivity contribution in [3.05, 3.63) is 121 Å². The standard InChI is InChI=1S/C32H23N3O3S/c36-30(33-25-16-14-22(15-17-25)32-35-28-10-3-4-11-29(28)38-32)20-39-27-9-5-8-26(19-27)34-31(37)24-13-12-21-6-1-2-7-23(21)18-24/h1-19H,20H2,(H,33,36)(H,34,37). The molecular weight excluding hydrogens is 506 g/mol. The van der Waals surface area contributed by atoms with Crippen molar-refractivity contribution in [1.82, 2.24) is 4.98 Å². The van der Waals surface area contributed by atoms with Gasteiger partial charge in [-0.05, 0) is 77.5 Å². The molecule has 0 aliphatic rings. The minimum absolute atomic E-state index is 0.125. The number of thioether (sulfide) groups is 1. The molecule has 5 aromatic carbocycles. The molecule has 190 valence electrons. The van der Waals surface area contributed by atoms with Crippen LogP contribution in [0.15, 0.2) is 125 Å². The lowest BCUT2D eigenvalue weighted by molar-refractivity contribution is -0.113. The van der Waals surface area contributed by atoms with Crippen molar-refractivity contribution in [2.75, 3.05) is 16.4 Å². The van der Waals surface area contributed by atoms with Crippen LogP contribution in [0, 0.1) is 0 Å². The second-order valence-corrected chi connectivity index (χ2v) is 9.99. The second kappa shape index (κ2) is 10.8. The monoisotopic (exact) mass is 529 g/mol. The number of fused-ring (bicyclic) bond motifs is 2. The number of carbonyl (C=O) groups excluding carboxylic acids is 2. The molecule has 0 aliphatic heterocycles. The lowest BCUT2D eigenvalue weighted by atomic mass is 10.1. The molecule has 6 aromatic rings. The van der Waals surface area contributed by atoms with Crippen LogP contribution in [0.3, 0.4) is 0 Å². The fraction of sp³-hybridized carbons (Fsp3) is 0.0312. The first-order valence-corrected chi connectivity index (χ1v) is 13.4. The third-order valence-electron chi connectivity index (χ3n) is 6.18. The van der Waals surface area contributed by atoms with Crippen molar-refractivity contribution in [3.63, 3.8) is 0 Å². The van der Waals surface area contributed by atoms with Crippen LogP contribution in [0.1, 0.15) is 10.4 Å². The molecule has 0 fully saturated rings. The number of nitrogens with zero attached hydrogens (tertiary/aromatic N) is 1. The molecule has 1 heterocycles. The summed E-state index contributed by atoms with van der Waals surface area (Å²) in [7, 11) is 0. The van der Waals surface area contributed by atoms with Crippen molar-refractivity contribution in [3.8, 4) is 11.5 Å². The van der Waals surface area contributed by atoms with Crippen LogP contribution in [-0.4, -0.2) is 22.6 Å². The van der Waals surface area contributed by atoms with E-state index >= 15 is 0 Å². The molecule has 0 aliphatic carbocycles.